The molecule has 1 aromatic carbocycles. The highest BCUT2D eigenvalue weighted by Gasteiger charge is 2.32. The van der Waals surface area contributed by atoms with Gasteiger partial charge >= 0.3 is 0 Å². The molecule has 0 saturated carbocycles. The van der Waals surface area contributed by atoms with Gasteiger partial charge in [0.05, 0.1) is 23.1 Å². The Kier molecular flexibility index (Phi) is 4.32. The minimum absolute atomic E-state index is 0.0481. The van der Waals surface area contributed by atoms with Gasteiger partial charge in [-0.2, -0.15) is 5.10 Å². The van der Waals surface area contributed by atoms with Crippen LogP contribution in [0.5, 0.6) is 5.75 Å². The summed E-state index contributed by atoms with van der Waals surface area (Å²) in [5.74, 6) is -0.935. The third-order valence-electron chi connectivity index (χ3n) is 3.48. The Bertz CT molecular complexity index is 695. The number of phenolic OH excluding ortho intramolecular Hbond substituents is 1. The van der Waals surface area contributed by atoms with Crippen LogP contribution in [-0.4, -0.2) is 36.6 Å². The van der Waals surface area contributed by atoms with Crippen molar-refractivity contribution in [2.75, 3.05) is 11.5 Å². The molecule has 1 fully saturated rings. The Labute approximate surface area is 123 Å². The number of hydrogen-bond acceptors (Lipinski definition) is 5. The Morgan fingerprint density at radius 2 is 2.14 bits per heavy atom. The first-order valence-electron chi connectivity index (χ1n) is 6.63. The quantitative estimate of drug-likeness (QED) is 0.642. The van der Waals surface area contributed by atoms with Crippen molar-refractivity contribution in [2.45, 2.75) is 20.3 Å². The number of carbonyl (C=O) groups is 1. The second-order valence-electron chi connectivity index (χ2n) is 5.29. The maximum atomic E-state index is 11.9. The van der Waals surface area contributed by atoms with Crippen LogP contribution in [-0.2, 0) is 14.6 Å². The summed E-state index contributed by atoms with van der Waals surface area (Å²) in [6, 6.07) is 5.10. The monoisotopic (exact) mass is 310 g/mol. The van der Waals surface area contributed by atoms with Gasteiger partial charge < -0.3 is 5.11 Å². The minimum atomic E-state index is -3.09. The predicted octanol–water partition coefficient (Wildman–Crippen LogP) is 0.976. The number of nitrogens with zero attached hydrogens (tertiary/aromatic N) is 1. The zero-order valence-electron chi connectivity index (χ0n) is 12.0. The molecule has 1 aromatic rings. The van der Waals surface area contributed by atoms with E-state index in [9.17, 15) is 18.3 Å². The van der Waals surface area contributed by atoms with Crippen molar-refractivity contribution in [2.24, 2.45) is 11.0 Å². The topological polar surface area (TPSA) is 95.8 Å². The van der Waals surface area contributed by atoms with Crippen molar-refractivity contribution in [3.63, 3.8) is 0 Å². The highest BCUT2D eigenvalue weighted by molar-refractivity contribution is 7.91. The third kappa shape index (κ3) is 3.81. The van der Waals surface area contributed by atoms with Crippen LogP contribution in [0.1, 0.15) is 24.5 Å². The lowest BCUT2D eigenvalue weighted by Gasteiger charge is -2.08. The van der Waals surface area contributed by atoms with Gasteiger partial charge in [0.1, 0.15) is 5.75 Å². The van der Waals surface area contributed by atoms with Gasteiger partial charge in [-0.25, -0.2) is 13.8 Å². The molecule has 0 spiro atoms. The molecule has 0 bridgehead atoms. The van der Waals surface area contributed by atoms with Crippen LogP contribution >= 0.6 is 0 Å². The Balaban J connectivity index is 2.07. The molecule has 114 valence electrons. The fourth-order valence-electron chi connectivity index (χ4n) is 2.23. The van der Waals surface area contributed by atoms with Crippen molar-refractivity contribution >= 4 is 21.5 Å². The zero-order chi connectivity index (χ0) is 15.6. The Morgan fingerprint density at radius 3 is 2.76 bits per heavy atom. The largest absolute Gasteiger partial charge is 0.507 e. The van der Waals surface area contributed by atoms with Crippen molar-refractivity contribution in [1.29, 1.82) is 0 Å². The molecule has 0 aromatic heterocycles. The third-order valence-corrected chi connectivity index (χ3v) is 5.25. The first kappa shape index (κ1) is 15.5. The molecule has 6 nitrogen and oxygen atoms in total. The van der Waals surface area contributed by atoms with Crippen LogP contribution in [0.15, 0.2) is 23.3 Å². The Morgan fingerprint density at radius 1 is 1.43 bits per heavy atom. The fourth-order valence-corrected chi connectivity index (χ4v) is 3.97. The summed E-state index contributed by atoms with van der Waals surface area (Å²) in [6.45, 7) is 3.55. The highest BCUT2D eigenvalue weighted by Crippen LogP contribution is 2.20. The van der Waals surface area contributed by atoms with Gasteiger partial charge in [0, 0.05) is 5.56 Å². The number of carbonyl (C=O) groups excluding carboxylic acids is 1. The number of nitrogens with one attached hydrogen (secondary N) is 1. The van der Waals surface area contributed by atoms with Gasteiger partial charge in [-0.15, -0.1) is 0 Å². The van der Waals surface area contributed by atoms with Crippen LogP contribution in [0.4, 0.5) is 0 Å². The van der Waals surface area contributed by atoms with E-state index in [2.05, 4.69) is 10.5 Å². The Hall–Kier alpha value is -1.89. The van der Waals surface area contributed by atoms with Gasteiger partial charge in [0.25, 0.3) is 0 Å². The van der Waals surface area contributed by atoms with Crippen LogP contribution < -0.4 is 5.43 Å². The highest BCUT2D eigenvalue weighted by atomic mass is 32.2. The molecule has 1 heterocycles. The summed E-state index contributed by atoms with van der Waals surface area (Å²) in [4.78, 5) is 11.9. The number of sulfone groups is 1. The van der Waals surface area contributed by atoms with Crippen molar-refractivity contribution in [3.8, 4) is 5.75 Å². The minimum Gasteiger partial charge on any atom is -0.507 e. The molecule has 1 aliphatic heterocycles. The van der Waals surface area contributed by atoms with E-state index < -0.39 is 21.7 Å². The normalized spacial score (nSPS) is 21.2. The lowest BCUT2D eigenvalue weighted by atomic mass is 10.1. The van der Waals surface area contributed by atoms with Crippen molar-refractivity contribution in [1.82, 2.24) is 5.43 Å². The van der Waals surface area contributed by atoms with E-state index in [1.165, 1.54) is 0 Å². The molecule has 2 rings (SSSR count). The van der Waals surface area contributed by atoms with E-state index in [0.717, 1.165) is 5.56 Å². The molecule has 0 aliphatic carbocycles. The number of hydrogen-bond donors (Lipinski definition) is 2. The fraction of sp³-hybridized carbons (Fsp3) is 0.429. The number of benzene rings is 1. The molecule has 7 heteroatoms. The number of aryl methyl sites for hydroxylation is 1. The number of rotatable bonds is 3. The summed E-state index contributed by atoms with van der Waals surface area (Å²) in [5, 5.41) is 13.7. The maximum absolute atomic E-state index is 11.9. The summed E-state index contributed by atoms with van der Waals surface area (Å²) in [7, 11) is -3.09. The lowest BCUT2D eigenvalue weighted by Crippen LogP contribution is -2.28. The maximum Gasteiger partial charge on any atom is 0.244 e. The summed E-state index contributed by atoms with van der Waals surface area (Å²) >= 11 is 0. The van der Waals surface area contributed by atoms with Gasteiger partial charge in [-0.3, -0.25) is 4.79 Å². The molecular weight excluding hydrogens is 292 g/mol. The van der Waals surface area contributed by atoms with Gasteiger partial charge in [0.15, 0.2) is 9.84 Å². The molecule has 1 saturated heterocycles. The molecule has 1 amide bonds. The number of aromatic hydroxyl groups is 1. The second-order valence-corrected chi connectivity index (χ2v) is 7.52. The molecule has 1 atom stereocenters. The molecule has 0 radical (unpaired) electrons. The van der Waals surface area contributed by atoms with Crippen LogP contribution in [0.2, 0.25) is 0 Å². The molecule has 1 aliphatic rings. The first-order chi connectivity index (χ1) is 9.78. The zero-order valence-corrected chi connectivity index (χ0v) is 12.8. The SMILES string of the molecule is C/C(=N\NC(=O)[C@@H]1CCS(=O)(=O)C1)c1cc(C)ccc1O. The van der Waals surface area contributed by atoms with E-state index >= 15 is 0 Å². The van der Waals surface area contributed by atoms with Crippen LogP contribution in [0, 0.1) is 12.8 Å². The van der Waals surface area contributed by atoms with E-state index in [4.69, 9.17) is 0 Å². The first-order valence-corrected chi connectivity index (χ1v) is 8.45. The molecule has 2 N–H and O–H groups in total. The summed E-state index contributed by atoms with van der Waals surface area (Å²) in [5.41, 5.74) is 4.34. The van der Waals surface area contributed by atoms with Crippen molar-refractivity contribution < 1.29 is 18.3 Å². The van der Waals surface area contributed by atoms with Gasteiger partial charge in [-0.05, 0) is 32.4 Å². The smallest absolute Gasteiger partial charge is 0.244 e. The van der Waals surface area contributed by atoms with Crippen LogP contribution in [0.3, 0.4) is 0 Å². The molecule has 0 unspecified atom stereocenters. The summed E-state index contributed by atoms with van der Waals surface area (Å²) < 4.78 is 22.7. The average Bonchev–Trinajstić information content (AvgIpc) is 2.79. The van der Waals surface area contributed by atoms with E-state index in [-0.39, 0.29) is 17.3 Å². The standard InChI is InChI=1S/C14H18N2O4S/c1-9-3-4-13(17)12(7-9)10(2)15-16-14(18)11-5-6-21(19,20)8-11/h3-4,7,11,17H,5-6,8H2,1-2H3,(H,16,18)/b15-10+/t11-/m1/s1. The van der Waals surface area contributed by atoms with Gasteiger partial charge in [-0.1, -0.05) is 11.6 Å². The van der Waals surface area contributed by atoms with E-state index in [1.807, 2.05) is 6.92 Å². The molecule has 21 heavy (non-hydrogen) atoms. The second kappa shape index (κ2) is 5.85. The summed E-state index contributed by atoms with van der Waals surface area (Å²) in [6.07, 6.45) is 0.332. The van der Waals surface area contributed by atoms with E-state index in [1.54, 1.807) is 25.1 Å². The molecular formula is C14H18N2O4S. The number of phenols is 1. The number of hydrazone groups is 1. The van der Waals surface area contributed by atoms with Crippen molar-refractivity contribution in [3.05, 3.63) is 29.3 Å². The number of amides is 1. The predicted molar refractivity (Wildman–Crippen MR) is 80.0 cm³/mol. The lowest BCUT2D eigenvalue weighted by molar-refractivity contribution is -0.124. The van der Waals surface area contributed by atoms with Crippen LogP contribution in [0.25, 0.3) is 0 Å². The van der Waals surface area contributed by atoms with Gasteiger partial charge in [0.2, 0.25) is 5.91 Å². The average molecular weight is 310 g/mol. The van der Waals surface area contributed by atoms with E-state index in [0.29, 0.717) is 17.7 Å².